The summed E-state index contributed by atoms with van der Waals surface area (Å²) in [7, 11) is 0. The van der Waals surface area contributed by atoms with Crippen LogP contribution in [0.15, 0.2) is 41.8 Å². The number of nitrogens with one attached hydrogen (secondary N) is 3. The van der Waals surface area contributed by atoms with Crippen LogP contribution in [0.3, 0.4) is 0 Å². The van der Waals surface area contributed by atoms with Crippen LogP contribution in [0, 0.1) is 6.92 Å². The summed E-state index contributed by atoms with van der Waals surface area (Å²) < 4.78 is 81.4. The summed E-state index contributed by atoms with van der Waals surface area (Å²) in [5.74, 6) is -0.759. The maximum Gasteiger partial charge on any atom is 0.485 e. The molecule has 1 aromatic heterocycles. The zero-order valence-electron chi connectivity index (χ0n) is 13.2. The van der Waals surface area contributed by atoms with Gasteiger partial charge in [-0.1, -0.05) is 23.8 Å². The van der Waals surface area contributed by atoms with Gasteiger partial charge in [0.1, 0.15) is 4.88 Å². The third-order valence-corrected chi connectivity index (χ3v) is 4.72. The molecule has 0 bridgehead atoms. The van der Waals surface area contributed by atoms with Gasteiger partial charge in [-0.25, -0.2) is 15.3 Å². The first-order valence-electron chi connectivity index (χ1n) is 7.35. The number of thiophene rings is 1. The predicted octanol–water partition coefficient (Wildman–Crippen LogP) is 0.835. The van der Waals surface area contributed by atoms with Crippen molar-refractivity contribution < 1.29 is 36.3 Å². The first kappa shape index (κ1) is 18.4. The summed E-state index contributed by atoms with van der Waals surface area (Å²) >= 11 is 1.01. The molecule has 0 unspecified atom stereocenters. The molecule has 2 heterocycles. The van der Waals surface area contributed by atoms with Crippen LogP contribution in [0.1, 0.15) is 16.0 Å². The van der Waals surface area contributed by atoms with Crippen molar-refractivity contribution >= 4 is 23.0 Å². The maximum absolute atomic E-state index is 13.6. The van der Waals surface area contributed by atoms with Crippen LogP contribution in [-0.4, -0.2) is 29.7 Å². The van der Waals surface area contributed by atoms with Gasteiger partial charge in [0.15, 0.2) is 0 Å². The number of alkyl halides is 6. The second kappa shape index (κ2) is 6.11. The molecule has 10 heteroatoms. The maximum atomic E-state index is 13.6. The molecule has 0 saturated heterocycles. The zero-order valence-corrected chi connectivity index (χ0v) is 14.0. The topological polar surface area (TPSA) is 40.0 Å². The highest BCUT2D eigenvalue weighted by atomic mass is 32.1. The molecular weight excluding hydrogens is 380 g/mol. The Morgan fingerprint density at radius 1 is 0.885 bits per heavy atom. The van der Waals surface area contributed by atoms with Gasteiger partial charge in [0.2, 0.25) is 0 Å². The van der Waals surface area contributed by atoms with Crippen molar-refractivity contribution in [2.45, 2.75) is 24.9 Å². The molecule has 0 fully saturated rings. The summed E-state index contributed by atoms with van der Waals surface area (Å²) in [5, 5.41) is 4.17. The van der Waals surface area contributed by atoms with Gasteiger partial charge >= 0.3 is 18.0 Å². The fourth-order valence-corrected chi connectivity index (χ4v) is 3.13. The monoisotopic (exact) mass is 393 g/mol. The molecule has 0 aliphatic carbocycles. The molecule has 0 spiro atoms. The van der Waals surface area contributed by atoms with E-state index in [1.54, 1.807) is 34.4 Å². The van der Waals surface area contributed by atoms with Crippen molar-refractivity contribution in [2.24, 2.45) is 0 Å². The molecule has 0 atom stereocenters. The lowest BCUT2D eigenvalue weighted by atomic mass is 10.1. The zero-order chi connectivity index (χ0) is 19.2. The highest BCUT2D eigenvalue weighted by molar-refractivity contribution is 7.12. The third-order valence-electron chi connectivity index (χ3n) is 3.83. The van der Waals surface area contributed by atoms with Crippen LogP contribution in [0.25, 0.3) is 0 Å². The lowest BCUT2D eigenvalue weighted by Crippen LogP contribution is -3.20. The number of aryl methyl sites for hydroxylation is 1. The van der Waals surface area contributed by atoms with E-state index in [1.807, 2.05) is 0 Å². The molecule has 3 rings (SSSR count). The molecule has 3 nitrogen and oxygen atoms in total. The summed E-state index contributed by atoms with van der Waals surface area (Å²) in [4.78, 5) is 3.41. The van der Waals surface area contributed by atoms with E-state index in [-0.39, 0.29) is 22.1 Å². The van der Waals surface area contributed by atoms with Crippen LogP contribution >= 0.6 is 11.3 Å². The Balaban J connectivity index is 2.23. The molecule has 1 aliphatic heterocycles. The second-order valence-electron chi connectivity index (χ2n) is 5.71. The largest absolute Gasteiger partial charge is 0.485 e. The van der Waals surface area contributed by atoms with Gasteiger partial charge in [0, 0.05) is 0 Å². The minimum atomic E-state index is -5.65. The van der Waals surface area contributed by atoms with Crippen molar-refractivity contribution in [3.63, 3.8) is 0 Å². The number of halogens is 6. The Labute approximate surface area is 148 Å². The third kappa shape index (κ3) is 3.09. The van der Waals surface area contributed by atoms with Crippen molar-refractivity contribution in [3.05, 3.63) is 57.8 Å². The van der Waals surface area contributed by atoms with E-state index in [2.05, 4.69) is 5.32 Å². The van der Waals surface area contributed by atoms with Crippen LogP contribution in [0.2, 0.25) is 0 Å². The SMILES string of the molecule is Cc1ccc(C2=[NH+]C(C(F)(F)F)(C(F)(F)F)[NH+]=C(c3cccs3)N2)cc1. The van der Waals surface area contributed by atoms with E-state index < -0.39 is 18.0 Å². The van der Waals surface area contributed by atoms with Crippen molar-refractivity contribution in [1.82, 2.24) is 5.32 Å². The molecule has 1 aromatic carbocycles. The van der Waals surface area contributed by atoms with Crippen molar-refractivity contribution in [3.8, 4) is 0 Å². The quantitative estimate of drug-likeness (QED) is 0.651. The number of rotatable bonds is 2. The molecule has 138 valence electrons. The highest BCUT2D eigenvalue weighted by Gasteiger charge is 2.78. The van der Waals surface area contributed by atoms with Gasteiger partial charge in [-0.15, -0.1) is 11.3 Å². The summed E-state index contributed by atoms with van der Waals surface area (Å²) in [6, 6.07) is 9.05. The van der Waals surface area contributed by atoms with E-state index >= 15 is 0 Å². The lowest BCUT2D eigenvalue weighted by Gasteiger charge is -2.29. The molecule has 0 amide bonds. The number of hydrogen-bond acceptors (Lipinski definition) is 2. The second-order valence-corrected chi connectivity index (χ2v) is 6.66. The van der Waals surface area contributed by atoms with Crippen LogP contribution in [0.5, 0.6) is 0 Å². The van der Waals surface area contributed by atoms with E-state index in [0.29, 0.717) is 0 Å². The first-order valence-corrected chi connectivity index (χ1v) is 8.23. The van der Waals surface area contributed by atoms with E-state index in [1.165, 1.54) is 24.3 Å². The van der Waals surface area contributed by atoms with Gasteiger partial charge in [-0.05, 0) is 30.5 Å². The number of hydrogen-bond donors (Lipinski definition) is 3. The normalized spacial score (nSPS) is 17.3. The molecule has 3 N–H and O–H groups in total. The minimum absolute atomic E-state index is 0.170. The number of benzene rings is 1. The Bertz CT molecular complexity index is 834. The summed E-state index contributed by atoms with van der Waals surface area (Å²) in [6.45, 7) is 1.76. The Morgan fingerprint density at radius 3 is 1.96 bits per heavy atom. The summed E-state index contributed by atoms with van der Waals surface area (Å²) in [5.41, 5.74) is -3.32. The molecule has 0 radical (unpaired) electrons. The molecule has 26 heavy (non-hydrogen) atoms. The molecule has 2 aromatic rings. The minimum Gasteiger partial charge on any atom is -0.216 e. The fourth-order valence-electron chi connectivity index (χ4n) is 2.45. The van der Waals surface area contributed by atoms with Crippen molar-refractivity contribution in [1.29, 1.82) is 0 Å². The standard InChI is InChI=1S/C16H11F6N3S/c1-9-4-6-10(7-5-9)12-23-13(11-3-2-8-26-11)25-14(24-12,15(17,18)19)16(20,21)22/h2-8H,1H3,(H,23,24,25)/p+2. The Kier molecular flexibility index (Phi) is 4.33. The predicted molar refractivity (Wildman–Crippen MR) is 83.6 cm³/mol. The van der Waals surface area contributed by atoms with Crippen LogP contribution < -0.4 is 15.3 Å². The van der Waals surface area contributed by atoms with Crippen molar-refractivity contribution in [2.75, 3.05) is 0 Å². The Morgan fingerprint density at radius 2 is 1.46 bits per heavy atom. The Hall–Kier alpha value is -2.36. The average molecular weight is 393 g/mol. The van der Waals surface area contributed by atoms with Crippen LogP contribution in [-0.2, 0) is 0 Å². The van der Waals surface area contributed by atoms with Gasteiger partial charge in [-0.3, -0.25) is 0 Å². The van der Waals surface area contributed by atoms with E-state index in [9.17, 15) is 26.3 Å². The highest BCUT2D eigenvalue weighted by Crippen LogP contribution is 2.35. The first-order chi connectivity index (χ1) is 12.0. The van der Waals surface area contributed by atoms with E-state index in [0.717, 1.165) is 16.9 Å². The molecule has 1 aliphatic rings. The lowest BCUT2D eigenvalue weighted by molar-refractivity contribution is -0.861. The fraction of sp³-hybridized carbons (Fsp3) is 0.250. The van der Waals surface area contributed by atoms with Gasteiger partial charge in [0.25, 0.3) is 11.7 Å². The smallest absolute Gasteiger partial charge is 0.216 e. The average Bonchev–Trinajstić information content (AvgIpc) is 3.07. The van der Waals surface area contributed by atoms with Gasteiger partial charge in [-0.2, -0.15) is 26.3 Å². The number of amidine groups is 2. The molecular formula is C16H13F6N3S+2. The summed E-state index contributed by atoms with van der Waals surface area (Å²) in [6.07, 6.45) is -11.3. The molecule has 0 saturated carbocycles. The van der Waals surface area contributed by atoms with Crippen LogP contribution in [0.4, 0.5) is 26.3 Å². The van der Waals surface area contributed by atoms with Gasteiger partial charge in [0.05, 0.1) is 5.56 Å². The van der Waals surface area contributed by atoms with Gasteiger partial charge < -0.3 is 0 Å². The van der Waals surface area contributed by atoms with E-state index in [4.69, 9.17) is 0 Å².